The number of aryl methyl sites for hydroxylation is 2. The van der Waals surface area contributed by atoms with Crippen LogP contribution in [0.4, 0.5) is 16.5 Å². The Bertz CT molecular complexity index is 1210. The van der Waals surface area contributed by atoms with Gasteiger partial charge in [-0.05, 0) is 82.8 Å². The van der Waals surface area contributed by atoms with Crippen LogP contribution in [0, 0.1) is 20.8 Å². The van der Waals surface area contributed by atoms with Crippen molar-refractivity contribution in [1.29, 1.82) is 0 Å². The SMILES string of the molecule is Cc1cc(C[C@@]2(C)CNCCN2C(=O)OC(C)(C)C)c(C)c(Nc2nnc(-c3nonc3C)o2)c1. The van der Waals surface area contributed by atoms with Crippen LogP contribution in [0.2, 0.25) is 0 Å². The molecule has 2 N–H and O–H groups in total. The van der Waals surface area contributed by atoms with Crippen LogP contribution in [0.3, 0.4) is 0 Å². The number of benzene rings is 1. The first kappa shape index (κ1) is 24.6. The molecule has 1 fully saturated rings. The summed E-state index contributed by atoms with van der Waals surface area (Å²) in [4.78, 5) is 14.9. The number of nitrogens with one attached hydrogen (secondary N) is 2. The Kier molecular flexibility index (Phi) is 6.54. The van der Waals surface area contributed by atoms with Gasteiger partial charge in [0.25, 0.3) is 5.89 Å². The molecule has 4 rings (SSSR count). The van der Waals surface area contributed by atoms with Crippen molar-refractivity contribution >= 4 is 17.8 Å². The molecule has 0 spiro atoms. The summed E-state index contributed by atoms with van der Waals surface area (Å²) in [7, 11) is 0. The van der Waals surface area contributed by atoms with E-state index in [9.17, 15) is 4.79 Å². The summed E-state index contributed by atoms with van der Waals surface area (Å²) in [5.41, 5.74) is 4.04. The van der Waals surface area contributed by atoms with E-state index in [1.165, 1.54) is 0 Å². The predicted molar refractivity (Wildman–Crippen MR) is 129 cm³/mol. The van der Waals surface area contributed by atoms with Crippen molar-refractivity contribution in [1.82, 2.24) is 30.7 Å². The molecular formula is C24H33N7O4. The number of carbonyl (C=O) groups excluding carboxylic acids is 1. The van der Waals surface area contributed by atoms with Crippen molar-refractivity contribution in [3.63, 3.8) is 0 Å². The van der Waals surface area contributed by atoms with Crippen LogP contribution in [-0.4, -0.2) is 62.3 Å². The molecule has 2 aromatic heterocycles. The summed E-state index contributed by atoms with van der Waals surface area (Å²) in [6.45, 7) is 15.6. The minimum absolute atomic E-state index is 0.227. The van der Waals surface area contributed by atoms with Crippen LogP contribution in [0.15, 0.2) is 21.2 Å². The molecule has 11 heteroatoms. The summed E-state index contributed by atoms with van der Waals surface area (Å²) >= 11 is 0. The molecule has 0 aliphatic carbocycles. The zero-order valence-corrected chi connectivity index (χ0v) is 21.4. The highest BCUT2D eigenvalue weighted by Crippen LogP contribution is 2.31. The Morgan fingerprint density at radius 2 is 2.00 bits per heavy atom. The maximum atomic E-state index is 13.0. The second kappa shape index (κ2) is 9.29. The van der Waals surface area contributed by atoms with Crippen molar-refractivity contribution in [2.75, 3.05) is 25.0 Å². The number of rotatable bonds is 5. The van der Waals surface area contributed by atoms with Crippen molar-refractivity contribution in [3.05, 3.63) is 34.5 Å². The van der Waals surface area contributed by atoms with Crippen LogP contribution in [-0.2, 0) is 11.2 Å². The van der Waals surface area contributed by atoms with Crippen molar-refractivity contribution in [3.8, 4) is 11.6 Å². The lowest BCUT2D eigenvalue weighted by Crippen LogP contribution is -2.63. The van der Waals surface area contributed by atoms with E-state index < -0.39 is 11.1 Å². The lowest BCUT2D eigenvalue weighted by Gasteiger charge is -2.45. The fourth-order valence-corrected chi connectivity index (χ4v) is 4.27. The number of amides is 1. The van der Waals surface area contributed by atoms with E-state index in [1.54, 1.807) is 6.92 Å². The van der Waals surface area contributed by atoms with Gasteiger partial charge >= 0.3 is 12.1 Å². The van der Waals surface area contributed by atoms with E-state index in [2.05, 4.69) is 44.1 Å². The van der Waals surface area contributed by atoms with E-state index in [1.807, 2.05) is 45.6 Å². The van der Waals surface area contributed by atoms with Gasteiger partial charge in [0.15, 0.2) is 5.69 Å². The van der Waals surface area contributed by atoms with Crippen molar-refractivity contribution < 1.29 is 18.6 Å². The summed E-state index contributed by atoms with van der Waals surface area (Å²) in [5, 5.41) is 22.4. The van der Waals surface area contributed by atoms with E-state index >= 15 is 0 Å². The second-order valence-electron chi connectivity index (χ2n) is 10.3. The number of aromatic nitrogens is 4. The van der Waals surface area contributed by atoms with E-state index in [0.717, 1.165) is 28.9 Å². The summed E-state index contributed by atoms with van der Waals surface area (Å²) in [6.07, 6.45) is 0.363. The van der Waals surface area contributed by atoms with E-state index in [-0.39, 0.29) is 18.0 Å². The van der Waals surface area contributed by atoms with Crippen LogP contribution in [0.1, 0.15) is 50.1 Å². The normalized spacial score (nSPS) is 18.5. The molecule has 35 heavy (non-hydrogen) atoms. The molecule has 1 aliphatic rings. The Morgan fingerprint density at radius 3 is 2.69 bits per heavy atom. The molecule has 0 radical (unpaired) electrons. The van der Waals surface area contributed by atoms with Gasteiger partial charge in [0.1, 0.15) is 11.3 Å². The number of hydrogen-bond donors (Lipinski definition) is 2. The molecule has 3 heterocycles. The van der Waals surface area contributed by atoms with Crippen LogP contribution >= 0.6 is 0 Å². The molecule has 1 amide bonds. The summed E-state index contributed by atoms with van der Waals surface area (Å²) in [6, 6.07) is 4.42. The molecule has 188 valence electrons. The molecule has 3 aromatic rings. The average molecular weight is 484 g/mol. The van der Waals surface area contributed by atoms with E-state index in [4.69, 9.17) is 13.8 Å². The zero-order chi connectivity index (χ0) is 25.4. The molecular weight excluding hydrogens is 450 g/mol. The third kappa shape index (κ3) is 5.45. The maximum absolute atomic E-state index is 13.0. The average Bonchev–Trinajstić information content (AvgIpc) is 3.38. The van der Waals surface area contributed by atoms with Gasteiger partial charge in [0, 0.05) is 25.3 Å². The van der Waals surface area contributed by atoms with Gasteiger partial charge in [-0.2, -0.15) is 0 Å². The molecule has 11 nitrogen and oxygen atoms in total. The van der Waals surface area contributed by atoms with Gasteiger partial charge in [-0.3, -0.25) is 4.90 Å². The monoisotopic (exact) mass is 483 g/mol. The minimum Gasteiger partial charge on any atom is -0.444 e. The first-order chi connectivity index (χ1) is 16.4. The zero-order valence-electron chi connectivity index (χ0n) is 21.4. The number of piperazine rings is 1. The molecule has 0 saturated carbocycles. The highest BCUT2D eigenvalue weighted by atomic mass is 16.6. The fraction of sp³-hybridized carbons (Fsp3) is 0.542. The van der Waals surface area contributed by atoms with Gasteiger partial charge in [-0.1, -0.05) is 16.3 Å². The topological polar surface area (TPSA) is 131 Å². The van der Waals surface area contributed by atoms with Crippen LogP contribution < -0.4 is 10.6 Å². The Hall–Kier alpha value is -3.47. The van der Waals surface area contributed by atoms with Gasteiger partial charge in [0.05, 0.1) is 5.54 Å². The molecule has 1 aliphatic heterocycles. The fourth-order valence-electron chi connectivity index (χ4n) is 4.27. The summed E-state index contributed by atoms with van der Waals surface area (Å²) < 4.78 is 16.2. The first-order valence-electron chi connectivity index (χ1n) is 11.7. The Balaban J connectivity index is 1.58. The molecule has 0 bridgehead atoms. The largest absolute Gasteiger partial charge is 0.444 e. The highest BCUT2D eigenvalue weighted by molar-refractivity contribution is 5.70. The molecule has 1 atom stereocenters. The van der Waals surface area contributed by atoms with Gasteiger partial charge in [-0.15, -0.1) is 5.10 Å². The lowest BCUT2D eigenvalue weighted by atomic mass is 9.86. The minimum atomic E-state index is -0.553. The number of anilines is 2. The van der Waals surface area contributed by atoms with Crippen molar-refractivity contribution in [2.24, 2.45) is 0 Å². The third-order valence-corrected chi connectivity index (χ3v) is 6.04. The summed E-state index contributed by atoms with van der Waals surface area (Å²) in [5.74, 6) is 0.227. The lowest BCUT2D eigenvalue weighted by molar-refractivity contribution is -0.00681. The van der Waals surface area contributed by atoms with Gasteiger partial charge in [0.2, 0.25) is 0 Å². The standard InChI is InChI=1S/C24H33N7O4/c1-14-10-17(12-24(7)13-25-8-9-31(24)22(32)34-23(4,5)6)15(2)18(11-14)26-21-28-27-20(33-21)19-16(3)29-35-30-19/h10-11,25H,8-9,12-13H2,1-7H3,(H,26,28)/t24-/m0/s1. The number of nitrogens with zero attached hydrogens (tertiary/aromatic N) is 5. The third-order valence-electron chi connectivity index (χ3n) is 6.04. The Labute approximate surface area is 204 Å². The Morgan fingerprint density at radius 1 is 1.23 bits per heavy atom. The van der Waals surface area contributed by atoms with Gasteiger partial charge < -0.3 is 19.8 Å². The molecule has 1 aromatic carbocycles. The number of hydrogen-bond acceptors (Lipinski definition) is 10. The second-order valence-corrected chi connectivity index (χ2v) is 10.3. The first-order valence-corrected chi connectivity index (χ1v) is 11.7. The van der Waals surface area contributed by atoms with Gasteiger partial charge in [-0.25, -0.2) is 9.42 Å². The quantitative estimate of drug-likeness (QED) is 0.550. The van der Waals surface area contributed by atoms with Crippen LogP contribution in [0.25, 0.3) is 11.6 Å². The van der Waals surface area contributed by atoms with Crippen molar-refractivity contribution in [2.45, 2.75) is 66.0 Å². The smallest absolute Gasteiger partial charge is 0.410 e. The molecule has 0 unspecified atom stereocenters. The maximum Gasteiger partial charge on any atom is 0.410 e. The predicted octanol–water partition coefficient (Wildman–Crippen LogP) is 3.93. The number of carbonyl (C=O) groups is 1. The van der Waals surface area contributed by atoms with E-state index in [0.29, 0.717) is 30.9 Å². The highest BCUT2D eigenvalue weighted by Gasteiger charge is 2.40. The number of ether oxygens (including phenoxy) is 1. The molecule has 1 saturated heterocycles. The van der Waals surface area contributed by atoms with Crippen LogP contribution in [0.5, 0.6) is 0 Å².